The molecule has 8 heteroatoms. The monoisotopic (exact) mass is 386 g/mol. The molecule has 0 saturated carbocycles. The van der Waals surface area contributed by atoms with E-state index in [0.29, 0.717) is 12.4 Å². The number of nitrogens with zero attached hydrogens (tertiary/aromatic N) is 2. The van der Waals surface area contributed by atoms with Crippen LogP contribution in [0.2, 0.25) is 0 Å². The maximum absolute atomic E-state index is 11.2. The second-order valence-electron chi connectivity index (χ2n) is 6.22. The average molecular weight is 386 g/mol. The first-order valence-electron chi connectivity index (χ1n) is 8.89. The van der Waals surface area contributed by atoms with Gasteiger partial charge >= 0.3 is 0 Å². The molecule has 3 aromatic heterocycles. The Kier molecular flexibility index (Phi) is 5.15. The van der Waals surface area contributed by atoms with Crippen molar-refractivity contribution in [3.05, 3.63) is 82.9 Å². The van der Waals surface area contributed by atoms with Gasteiger partial charge in [0.2, 0.25) is 5.56 Å². The number of ether oxygens (including phenoxy) is 1. The zero-order chi connectivity index (χ0) is 20.1. The summed E-state index contributed by atoms with van der Waals surface area (Å²) >= 11 is 0. The lowest BCUT2D eigenvalue weighted by molar-refractivity contribution is 0.301. The van der Waals surface area contributed by atoms with Crippen LogP contribution >= 0.6 is 0 Å². The molecule has 29 heavy (non-hydrogen) atoms. The lowest BCUT2D eigenvalue weighted by Gasteiger charge is -2.07. The Labute approximate surface area is 165 Å². The summed E-state index contributed by atoms with van der Waals surface area (Å²) < 4.78 is 5.88. The zero-order valence-electron chi connectivity index (χ0n) is 15.3. The van der Waals surface area contributed by atoms with Crippen LogP contribution in [0, 0.1) is 5.41 Å². The minimum Gasteiger partial charge on any atom is -0.487 e. The SMILES string of the molecule is N=C/C=C\c1ncc(-c2ccc(OCc3[nH]ncc3-c3ccc(=O)[nH]c3)cc2)[nH]1. The zero-order valence-corrected chi connectivity index (χ0v) is 15.3. The number of benzene rings is 1. The standard InChI is InChI=1S/C21H18N6O2/c22-9-1-2-20-23-12-18(26-20)14-3-6-16(7-4-14)29-13-19-17(11-25-27-19)15-5-8-21(28)24-10-15/h1-12,22H,13H2,(H,23,26)(H,24,28)(H,25,27)/b2-1-,22-9?. The second kappa shape index (κ2) is 8.22. The van der Waals surface area contributed by atoms with E-state index in [1.807, 2.05) is 24.3 Å². The molecule has 0 amide bonds. The first-order chi connectivity index (χ1) is 14.2. The van der Waals surface area contributed by atoms with Crippen molar-refractivity contribution in [1.82, 2.24) is 25.1 Å². The third kappa shape index (κ3) is 4.22. The van der Waals surface area contributed by atoms with Crippen molar-refractivity contribution in [2.24, 2.45) is 0 Å². The molecule has 0 unspecified atom stereocenters. The van der Waals surface area contributed by atoms with Crippen LogP contribution in [0.25, 0.3) is 28.5 Å². The Bertz CT molecular complexity index is 1180. The number of nitrogens with one attached hydrogen (secondary N) is 4. The van der Waals surface area contributed by atoms with Crippen LogP contribution in [0.4, 0.5) is 0 Å². The van der Waals surface area contributed by atoms with Crippen LogP contribution in [-0.4, -0.2) is 31.4 Å². The van der Waals surface area contributed by atoms with Gasteiger partial charge in [-0.25, -0.2) is 4.98 Å². The van der Waals surface area contributed by atoms with Gasteiger partial charge in [-0.2, -0.15) is 5.10 Å². The fraction of sp³-hybridized carbons (Fsp3) is 0.0476. The highest BCUT2D eigenvalue weighted by Gasteiger charge is 2.09. The summed E-state index contributed by atoms with van der Waals surface area (Å²) in [6.07, 6.45) is 9.66. The van der Waals surface area contributed by atoms with Gasteiger partial charge in [0, 0.05) is 29.6 Å². The second-order valence-corrected chi connectivity index (χ2v) is 6.22. The van der Waals surface area contributed by atoms with Gasteiger partial charge in [0.05, 0.1) is 23.8 Å². The molecule has 3 heterocycles. The molecule has 4 rings (SSSR count). The molecular formula is C21H18N6O2. The summed E-state index contributed by atoms with van der Waals surface area (Å²) in [5.41, 5.74) is 4.27. The molecular weight excluding hydrogens is 368 g/mol. The number of H-pyrrole nitrogens is 3. The van der Waals surface area contributed by atoms with Crippen molar-refractivity contribution in [2.45, 2.75) is 6.61 Å². The van der Waals surface area contributed by atoms with Crippen LogP contribution in [-0.2, 0) is 6.61 Å². The van der Waals surface area contributed by atoms with Crippen molar-refractivity contribution in [3.63, 3.8) is 0 Å². The van der Waals surface area contributed by atoms with Crippen LogP contribution in [0.3, 0.4) is 0 Å². The minimum absolute atomic E-state index is 0.148. The predicted octanol–water partition coefficient (Wildman–Crippen LogP) is 3.40. The summed E-state index contributed by atoms with van der Waals surface area (Å²) in [5.74, 6) is 1.41. The maximum atomic E-state index is 11.2. The normalized spacial score (nSPS) is 11.0. The van der Waals surface area contributed by atoms with Gasteiger partial charge in [0.25, 0.3) is 0 Å². The molecule has 0 aliphatic rings. The van der Waals surface area contributed by atoms with Gasteiger partial charge < -0.3 is 20.1 Å². The van der Waals surface area contributed by atoms with Crippen LogP contribution in [0.15, 0.2) is 65.9 Å². The molecule has 4 N–H and O–H groups in total. The summed E-state index contributed by atoms with van der Waals surface area (Å²) in [7, 11) is 0. The molecule has 0 atom stereocenters. The molecule has 0 bridgehead atoms. The van der Waals surface area contributed by atoms with Crippen molar-refractivity contribution in [3.8, 4) is 28.1 Å². The number of imidazole rings is 1. The van der Waals surface area contributed by atoms with Gasteiger partial charge in [-0.15, -0.1) is 0 Å². The Morgan fingerprint density at radius 3 is 2.66 bits per heavy atom. The van der Waals surface area contributed by atoms with Gasteiger partial charge in [0.15, 0.2) is 0 Å². The van der Waals surface area contributed by atoms with Crippen molar-refractivity contribution in [1.29, 1.82) is 5.41 Å². The third-order valence-corrected chi connectivity index (χ3v) is 4.31. The summed E-state index contributed by atoms with van der Waals surface area (Å²) in [6.45, 7) is 0.316. The molecule has 0 aliphatic heterocycles. The molecule has 4 aromatic rings. The Balaban J connectivity index is 1.44. The molecule has 144 valence electrons. The number of pyridine rings is 1. The number of allylic oxidation sites excluding steroid dienone is 1. The highest BCUT2D eigenvalue weighted by molar-refractivity contribution is 5.75. The first-order valence-corrected chi connectivity index (χ1v) is 8.89. The fourth-order valence-electron chi connectivity index (χ4n) is 2.84. The van der Waals surface area contributed by atoms with Crippen molar-refractivity contribution >= 4 is 12.3 Å². The predicted molar refractivity (Wildman–Crippen MR) is 111 cm³/mol. The van der Waals surface area contributed by atoms with Crippen LogP contribution < -0.4 is 10.3 Å². The van der Waals surface area contributed by atoms with E-state index in [4.69, 9.17) is 10.1 Å². The van der Waals surface area contributed by atoms with Crippen LogP contribution in [0.1, 0.15) is 11.5 Å². The van der Waals surface area contributed by atoms with E-state index in [1.54, 1.807) is 36.8 Å². The molecule has 0 saturated heterocycles. The van der Waals surface area contributed by atoms with Gasteiger partial charge in [-0.05, 0) is 48.0 Å². The molecule has 0 spiro atoms. The fourth-order valence-corrected chi connectivity index (χ4v) is 2.84. The number of rotatable bonds is 7. The number of aromatic nitrogens is 5. The quantitative estimate of drug-likeness (QED) is 0.363. The lowest BCUT2D eigenvalue weighted by Crippen LogP contribution is -2.02. The molecule has 0 fully saturated rings. The smallest absolute Gasteiger partial charge is 0.247 e. The third-order valence-electron chi connectivity index (χ3n) is 4.31. The highest BCUT2D eigenvalue weighted by atomic mass is 16.5. The van der Waals surface area contributed by atoms with Gasteiger partial charge in [0.1, 0.15) is 18.2 Å². The molecule has 8 nitrogen and oxygen atoms in total. The number of hydrogen-bond donors (Lipinski definition) is 4. The van der Waals surface area contributed by atoms with E-state index in [9.17, 15) is 4.79 Å². The van der Waals surface area contributed by atoms with E-state index in [1.165, 1.54) is 12.3 Å². The lowest BCUT2D eigenvalue weighted by atomic mass is 10.1. The maximum Gasteiger partial charge on any atom is 0.247 e. The van der Waals surface area contributed by atoms with Gasteiger partial charge in [-0.3, -0.25) is 9.89 Å². The van der Waals surface area contributed by atoms with E-state index < -0.39 is 0 Å². The molecule has 1 aromatic carbocycles. The van der Waals surface area contributed by atoms with E-state index in [2.05, 4.69) is 25.1 Å². The van der Waals surface area contributed by atoms with E-state index in [-0.39, 0.29) is 5.56 Å². The van der Waals surface area contributed by atoms with E-state index >= 15 is 0 Å². The van der Waals surface area contributed by atoms with Crippen molar-refractivity contribution in [2.75, 3.05) is 0 Å². The summed E-state index contributed by atoms with van der Waals surface area (Å²) in [5, 5.41) is 14.0. The summed E-state index contributed by atoms with van der Waals surface area (Å²) in [4.78, 5) is 21.3. The Morgan fingerprint density at radius 1 is 1.07 bits per heavy atom. The first kappa shape index (κ1) is 18.2. The van der Waals surface area contributed by atoms with Crippen LogP contribution in [0.5, 0.6) is 5.75 Å². The Hall–Kier alpha value is -4.20. The van der Waals surface area contributed by atoms with Crippen molar-refractivity contribution < 1.29 is 4.74 Å². The summed E-state index contributed by atoms with van der Waals surface area (Å²) in [6, 6.07) is 10.9. The number of aromatic amines is 3. The molecule has 0 aliphatic carbocycles. The minimum atomic E-state index is -0.148. The largest absolute Gasteiger partial charge is 0.487 e. The molecule has 0 radical (unpaired) electrons. The highest BCUT2D eigenvalue weighted by Crippen LogP contribution is 2.24. The van der Waals surface area contributed by atoms with E-state index in [0.717, 1.165) is 33.8 Å². The number of hydrogen-bond acceptors (Lipinski definition) is 5. The topological polar surface area (TPSA) is 123 Å². The average Bonchev–Trinajstić information content (AvgIpc) is 3.41. The Morgan fingerprint density at radius 2 is 1.90 bits per heavy atom. The van der Waals surface area contributed by atoms with Gasteiger partial charge in [-0.1, -0.05) is 0 Å².